The van der Waals surface area contributed by atoms with Crippen molar-refractivity contribution in [3.8, 4) is 0 Å². The van der Waals surface area contributed by atoms with Crippen molar-refractivity contribution >= 4 is 34.2 Å². The molecule has 0 aliphatic heterocycles. The molecule has 6 nitrogen and oxygen atoms in total. The Balaban J connectivity index is 2.74. The van der Waals surface area contributed by atoms with Crippen molar-refractivity contribution in [1.82, 2.24) is 0 Å². The number of thiophene rings is 1. The second-order valence-corrected chi connectivity index (χ2v) is 5.32. The van der Waals surface area contributed by atoms with E-state index in [1.807, 2.05) is 6.92 Å². The van der Waals surface area contributed by atoms with Crippen LogP contribution >= 0.6 is 11.3 Å². The monoisotopic (exact) mass is 325 g/mol. The maximum Gasteiger partial charge on any atom is 0.341 e. The highest BCUT2D eigenvalue weighted by atomic mass is 32.1. The third-order valence-corrected chi connectivity index (χ3v) is 3.72. The summed E-state index contributed by atoms with van der Waals surface area (Å²) in [4.78, 5) is 35.8. The molecule has 0 aromatic carbocycles. The summed E-state index contributed by atoms with van der Waals surface area (Å²) in [6, 6.07) is 1.70. The molecule has 0 fully saturated rings. The lowest BCUT2D eigenvalue weighted by Crippen LogP contribution is -2.20. The number of carbonyl (C=O) groups is 3. The van der Waals surface area contributed by atoms with E-state index in [-0.39, 0.29) is 6.61 Å². The second kappa shape index (κ2) is 8.99. The fourth-order valence-corrected chi connectivity index (χ4v) is 2.55. The summed E-state index contributed by atoms with van der Waals surface area (Å²) in [6.07, 6.45) is 3.48. The largest absolute Gasteiger partial charge is 0.462 e. The molecule has 1 aromatic rings. The van der Waals surface area contributed by atoms with Crippen LogP contribution in [0.1, 0.15) is 36.0 Å². The molecule has 0 radical (unpaired) electrons. The zero-order valence-electron chi connectivity index (χ0n) is 12.8. The van der Waals surface area contributed by atoms with E-state index >= 15 is 0 Å². The molecule has 1 rings (SSSR count). The molecule has 1 N–H and O–H groups in total. The van der Waals surface area contributed by atoms with Crippen LogP contribution in [-0.2, 0) is 25.5 Å². The van der Waals surface area contributed by atoms with Gasteiger partial charge in [-0.15, -0.1) is 11.3 Å². The van der Waals surface area contributed by atoms with Crippen molar-refractivity contribution in [1.29, 1.82) is 0 Å². The van der Waals surface area contributed by atoms with E-state index in [1.54, 1.807) is 19.9 Å². The molecule has 7 heteroatoms. The fraction of sp³-hybridized carbons (Fsp3) is 0.400. The summed E-state index contributed by atoms with van der Waals surface area (Å²) in [7, 11) is 0. The Bertz CT molecular complexity index is 576. The number of aryl methyl sites for hydroxylation is 1. The van der Waals surface area contributed by atoms with Crippen LogP contribution in [0.2, 0.25) is 0 Å². The number of amides is 1. The lowest BCUT2D eigenvalue weighted by molar-refractivity contribution is -0.142. The minimum absolute atomic E-state index is 0.254. The number of allylic oxidation sites excluding steroid dienone is 1. The van der Waals surface area contributed by atoms with E-state index < -0.39 is 24.5 Å². The van der Waals surface area contributed by atoms with Crippen molar-refractivity contribution in [2.45, 2.75) is 27.2 Å². The number of nitrogens with one attached hydrogen (secondary N) is 1. The van der Waals surface area contributed by atoms with Crippen LogP contribution in [-0.4, -0.2) is 31.1 Å². The second-order valence-electron chi connectivity index (χ2n) is 4.19. The lowest BCUT2D eigenvalue weighted by atomic mass is 10.2. The Morgan fingerprint density at radius 3 is 2.59 bits per heavy atom. The summed E-state index contributed by atoms with van der Waals surface area (Å²) in [6.45, 7) is 5.18. The number of anilines is 1. The zero-order chi connectivity index (χ0) is 16.5. The zero-order valence-corrected chi connectivity index (χ0v) is 13.6. The summed E-state index contributed by atoms with van der Waals surface area (Å²) in [5.74, 6) is -1.59. The Labute approximate surface area is 133 Å². The van der Waals surface area contributed by atoms with Gasteiger partial charge < -0.3 is 14.8 Å². The SMILES string of the molecule is C/C=C/C(=O)OCC(=O)Nc1sc(CC)cc1C(=O)OCC. The van der Waals surface area contributed by atoms with Gasteiger partial charge in [-0.05, 0) is 26.3 Å². The van der Waals surface area contributed by atoms with Crippen LogP contribution in [0.3, 0.4) is 0 Å². The van der Waals surface area contributed by atoms with Gasteiger partial charge in [0.25, 0.3) is 5.91 Å². The molecule has 0 saturated heterocycles. The highest BCUT2D eigenvalue weighted by Gasteiger charge is 2.19. The van der Waals surface area contributed by atoms with Crippen molar-refractivity contribution < 1.29 is 23.9 Å². The average Bonchev–Trinajstić information content (AvgIpc) is 2.89. The first-order valence-electron chi connectivity index (χ1n) is 6.90. The van der Waals surface area contributed by atoms with Crippen LogP contribution < -0.4 is 5.32 Å². The van der Waals surface area contributed by atoms with Crippen LogP contribution in [0.5, 0.6) is 0 Å². The highest BCUT2D eigenvalue weighted by molar-refractivity contribution is 7.16. The van der Waals surface area contributed by atoms with Gasteiger partial charge in [0.15, 0.2) is 6.61 Å². The van der Waals surface area contributed by atoms with E-state index in [4.69, 9.17) is 9.47 Å². The van der Waals surface area contributed by atoms with Crippen molar-refractivity contribution in [3.05, 3.63) is 28.7 Å². The molecule has 0 atom stereocenters. The quantitative estimate of drug-likeness (QED) is 0.615. The van der Waals surface area contributed by atoms with Crippen molar-refractivity contribution in [3.63, 3.8) is 0 Å². The first kappa shape index (κ1) is 17.9. The Kier molecular flexibility index (Phi) is 7.31. The molecule has 1 amide bonds. The Hall–Kier alpha value is -2.15. The van der Waals surface area contributed by atoms with Gasteiger partial charge in [-0.25, -0.2) is 9.59 Å². The molecule has 0 aliphatic rings. The normalized spacial score (nSPS) is 10.5. The highest BCUT2D eigenvalue weighted by Crippen LogP contribution is 2.29. The molecule has 120 valence electrons. The Morgan fingerprint density at radius 2 is 2.00 bits per heavy atom. The summed E-state index contributed by atoms with van der Waals surface area (Å²) < 4.78 is 9.71. The van der Waals surface area contributed by atoms with E-state index in [0.717, 1.165) is 11.3 Å². The molecule has 1 aromatic heterocycles. The van der Waals surface area contributed by atoms with Gasteiger partial charge >= 0.3 is 11.9 Å². The third kappa shape index (κ3) is 5.33. The van der Waals surface area contributed by atoms with Crippen molar-refractivity contribution in [2.75, 3.05) is 18.5 Å². The van der Waals surface area contributed by atoms with E-state index in [2.05, 4.69) is 5.32 Å². The van der Waals surface area contributed by atoms with Gasteiger partial charge in [0.2, 0.25) is 0 Å². The van der Waals surface area contributed by atoms with Crippen LogP contribution in [0.25, 0.3) is 0 Å². The molecular weight excluding hydrogens is 306 g/mol. The maximum atomic E-state index is 11.9. The number of esters is 2. The number of hydrogen-bond acceptors (Lipinski definition) is 6. The summed E-state index contributed by atoms with van der Waals surface area (Å²) >= 11 is 1.30. The summed E-state index contributed by atoms with van der Waals surface area (Å²) in [5, 5.41) is 2.98. The van der Waals surface area contributed by atoms with Crippen molar-refractivity contribution in [2.24, 2.45) is 0 Å². The minimum atomic E-state index is -0.594. The summed E-state index contributed by atoms with van der Waals surface area (Å²) in [5.41, 5.74) is 0.317. The first-order chi connectivity index (χ1) is 10.5. The lowest BCUT2D eigenvalue weighted by Gasteiger charge is -2.06. The predicted octanol–water partition coefficient (Wildman–Crippen LogP) is 2.55. The van der Waals surface area contributed by atoms with Crippen LogP contribution in [0.4, 0.5) is 5.00 Å². The molecule has 0 bridgehead atoms. The van der Waals surface area contributed by atoms with Gasteiger partial charge in [0.1, 0.15) is 5.00 Å². The standard InChI is InChI=1S/C15H19NO5S/c1-4-7-13(18)21-9-12(17)16-14-11(15(19)20-6-3)8-10(5-2)22-14/h4,7-8H,5-6,9H2,1-3H3,(H,16,17)/b7-4+. The van der Waals surface area contributed by atoms with Gasteiger partial charge in [-0.3, -0.25) is 4.79 Å². The van der Waals surface area contributed by atoms with E-state index in [9.17, 15) is 14.4 Å². The third-order valence-electron chi connectivity index (χ3n) is 2.53. The number of hydrogen-bond donors (Lipinski definition) is 1. The molecule has 0 aliphatic carbocycles. The molecule has 0 saturated carbocycles. The predicted molar refractivity (Wildman–Crippen MR) is 84.1 cm³/mol. The number of carbonyl (C=O) groups excluding carboxylic acids is 3. The van der Waals surface area contributed by atoms with Gasteiger partial charge in [0.05, 0.1) is 12.2 Å². The molecule has 0 unspecified atom stereocenters. The molecule has 22 heavy (non-hydrogen) atoms. The minimum Gasteiger partial charge on any atom is -0.462 e. The fourth-order valence-electron chi connectivity index (χ4n) is 1.55. The van der Waals surface area contributed by atoms with E-state index in [0.29, 0.717) is 10.6 Å². The Morgan fingerprint density at radius 1 is 1.27 bits per heavy atom. The van der Waals surface area contributed by atoms with Crippen LogP contribution in [0.15, 0.2) is 18.2 Å². The van der Waals surface area contributed by atoms with Gasteiger partial charge in [-0.2, -0.15) is 0 Å². The topological polar surface area (TPSA) is 81.7 Å². The molecule has 0 spiro atoms. The average molecular weight is 325 g/mol. The van der Waals surface area contributed by atoms with Gasteiger partial charge in [-0.1, -0.05) is 13.0 Å². The molecule has 1 heterocycles. The number of rotatable bonds is 7. The molecular formula is C15H19NO5S. The van der Waals surface area contributed by atoms with Gasteiger partial charge in [0, 0.05) is 11.0 Å². The maximum absolute atomic E-state index is 11.9. The smallest absolute Gasteiger partial charge is 0.341 e. The first-order valence-corrected chi connectivity index (χ1v) is 7.72. The van der Waals surface area contributed by atoms with Crippen LogP contribution in [0, 0.1) is 0 Å². The van der Waals surface area contributed by atoms with E-state index in [1.165, 1.54) is 23.5 Å². The number of ether oxygens (including phenoxy) is 2.